The van der Waals surface area contributed by atoms with Crippen LogP contribution in [0.1, 0.15) is 39.3 Å². The van der Waals surface area contributed by atoms with Crippen molar-refractivity contribution >= 4 is 17.4 Å². The normalized spacial score (nSPS) is 13.6. The molecule has 2 aromatic rings. The lowest BCUT2D eigenvalue weighted by atomic mass is 10.0. The number of aryl methyl sites for hydroxylation is 4. The number of fused-ring (bicyclic) bond motifs is 1. The molecule has 0 saturated heterocycles. The molecule has 0 amide bonds. The first kappa shape index (κ1) is 13.4. The van der Waals surface area contributed by atoms with E-state index in [1.807, 2.05) is 26.1 Å². The van der Waals surface area contributed by atoms with Crippen molar-refractivity contribution < 1.29 is 4.79 Å². The molecule has 0 unspecified atom stereocenters. The minimum atomic E-state index is 0.101. The van der Waals surface area contributed by atoms with Gasteiger partial charge in [0.2, 0.25) is 0 Å². The van der Waals surface area contributed by atoms with Crippen LogP contribution in [0.3, 0.4) is 0 Å². The van der Waals surface area contributed by atoms with Crippen LogP contribution in [0, 0.1) is 6.92 Å². The number of hydrogen-bond acceptors (Lipinski definition) is 2. The molecular weight excluding hydrogens is 272 g/mol. The number of aromatic nitrogens is 2. The van der Waals surface area contributed by atoms with Gasteiger partial charge in [0.25, 0.3) is 0 Å². The third-order valence-electron chi connectivity index (χ3n) is 4.01. The first-order valence-electron chi connectivity index (χ1n) is 6.89. The molecule has 0 saturated carbocycles. The van der Waals surface area contributed by atoms with Crippen molar-refractivity contribution in [2.24, 2.45) is 7.05 Å². The lowest BCUT2D eigenvalue weighted by Crippen LogP contribution is -2.08. The molecule has 1 heterocycles. The highest BCUT2D eigenvalue weighted by Crippen LogP contribution is 2.25. The number of nitrogens with zero attached hydrogens (tertiary/aromatic N) is 2. The van der Waals surface area contributed by atoms with Gasteiger partial charge < -0.3 is 0 Å². The van der Waals surface area contributed by atoms with E-state index in [1.54, 1.807) is 4.68 Å². The molecule has 0 N–H and O–H groups in total. The molecule has 0 atom stereocenters. The summed E-state index contributed by atoms with van der Waals surface area (Å²) in [6, 6.07) is 6.07. The minimum absolute atomic E-state index is 0.101. The summed E-state index contributed by atoms with van der Waals surface area (Å²) < 4.78 is 1.70. The zero-order valence-electron chi connectivity index (χ0n) is 11.7. The van der Waals surface area contributed by atoms with Crippen LogP contribution in [0.25, 0.3) is 0 Å². The molecule has 20 heavy (non-hydrogen) atoms. The van der Waals surface area contributed by atoms with Crippen molar-refractivity contribution in [3.05, 3.63) is 51.3 Å². The van der Waals surface area contributed by atoms with Crippen molar-refractivity contribution in [3.8, 4) is 0 Å². The molecule has 0 bridgehead atoms. The SMILES string of the molecule is Cc1nn(C)c(CC(=O)c2ccc3c(c2)CCC3)c1Cl. The second-order valence-electron chi connectivity index (χ2n) is 5.41. The van der Waals surface area contributed by atoms with Crippen molar-refractivity contribution in [1.29, 1.82) is 0 Å². The van der Waals surface area contributed by atoms with E-state index in [9.17, 15) is 4.79 Å². The fourth-order valence-electron chi connectivity index (χ4n) is 2.87. The lowest BCUT2D eigenvalue weighted by Gasteiger charge is -2.05. The summed E-state index contributed by atoms with van der Waals surface area (Å²) in [7, 11) is 1.82. The number of halogens is 1. The molecule has 104 valence electrons. The van der Waals surface area contributed by atoms with Gasteiger partial charge in [-0.05, 0) is 43.4 Å². The quantitative estimate of drug-likeness (QED) is 0.812. The summed E-state index contributed by atoms with van der Waals surface area (Å²) in [6.07, 6.45) is 3.72. The fourth-order valence-corrected chi connectivity index (χ4v) is 3.10. The molecule has 4 heteroatoms. The van der Waals surface area contributed by atoms with E-state index in [4.69, 9.17) is 11.6 Å². The molecule has 0 radical (unpaired) electrons. The van der Waals surface area contributed by atoms with Gasteiger partial charge in [0.15, 0.2) is 5.78 Å². The Balaban J connectivity index is 1.86. The first-order valence-corrected chi connectivity index (χ1v) is 7.27. The van der Waals surface area contributed by atoms with E-state index >= 15 is 0 Å². The molecule has 1 aromatic carbocycles. The van der Waals surface area contributed by atoms with Gasteiger partial charge in [-0.25, -0.2) is 0 Å². The van der Waals surface area contributed by atoms with Gasteiger partial charge in [-0.2, -0.15) is 5.10 Å². The van der Waals surface area contributed by atoms with Crippen LogP contribution in [0.4, 0.5) is 0 Å². The zero-order valence-corrected chi connectivity index (χ0v) is 12.5. The summed E-state index contributed by atoms with van der Waals surface area (Å²) in [4.78, 5) is 12.4. The number of benzene rings is 1. The van der Waals surface area contributed by atoms with Crippen LogP contribution in [0.15, 0.2) is 18.2 Å². The van der Waals surface area contributed by atoms with Crippen molar-refractivity contribution in [2.45, 2.75) is 32.6 Å². The molecule has 1 aliphatic carbocycles. The average Bonchev–Trinajstić information content (AvgIpc) is 2.98. The van der Waals surface area contributed by atoms with Gasteiger partial charge in [-0.1, -0.05) is 23.7 Å². The van der Waals surface area contributed by atoms with Crippen LogP contribution in [0.2, 0.25) is 5.02 Å². The maximum atomic E-state index is 12.4. The Labute approximate surface area is 123 Å². The van der Waals surface area contributed by atoms with Gasteiger partial charge in [-0.3, -0.25) is 9.48 Å². The van der Waals surface area contributed by atoms with E-state index in [-0.39, 0.29) is 5.78 Å². The van der Waals surface area contributed by atoms with Crippen LogP contribution >= 0.6 is 11.6 Å². The molecule has 3 rings (SSSR count). The highest BCUT2D eigenvalue weighted by Gasteiger charge is 2.18. The second kappa shape index (κ2) is 5.06. The summed E-state index contributed by atoms with van der Waals surface area (Å²) in [6.45, 7) is 1.85. The average molecular weight is 289 g/mol. The van der Waals surface area contributed by atoms with E-state index in [0.717, 1.165) is 29.8 Å². The zero-order chi connectivity index (χ0) is 14.3. The number of hydrogen-bond donors (Lipinski definition) is 0. The first-order chi connectivity index (χ1) is 9.56. The standard InChI is InChI=1S/C16H17ClN2O/c1-10-16(17)14(19(2)18-10)9-15(20)13-7-6-11-4-3-5-12(11)8-13/h6-8H,3-5,9H2,1-2H3. The predicted molar refractivity (Wildman–Crippen MR) is 79.5 cm³/mol. The maximum Gasteiger partial charge on any atom is 0.168 e. The molecule has 0 spiro atoms. The molecular formula is C16H17ClN2O. The van der Waals surface area contributed by atoms with E-state index in [2.05, 4.69) is 11.2 Å². The largest absolute Gasteiger partial charge is 0.294 e. The highest BCUT2D eigenvalue weighted by atomic mass is 35.5. The smallest absolute Gasteiger partial charge is 0.168 e. The lowest BCUT2D eigenvalue weighted by molar-refractivity contribution is 0.0990. The summed E-state index contributed by atoms with van der Waals surface area (Å²) in [5.74, 6) is 0.101. The third kappa shape index (κ3) is 2.27. The second-order valence-corrected chi connectivity index (χ2v) is 5.78. The van der Waals surface area contributed by atoms with Crippen molar-refractivity contribution in [1.82, 2.24) is 9.78 Å². The Morgan fingerprint density at radius 1 is 1.35 bits per heavy atom. The van der Waals surface area contributed by atoms with Crippen LogP contribution in [-0.4, -0.2) is 15.6 Å². The Morgan fingerprint density at radius 2 is 2.10 bits per heavy atom. The Bertz CT molecular complexity index is 688. The number of carbonyl (C=O) groups is 1. The van der Waals surface area contributed by atoms with Crippen LogP contribution in [0.5, 0.6) is 0 Å². The van der Waals surface area contributed by atoms with E-state index in [0.29, 0.717) is 11.4 Å². The number of carbonyl (C=O) groups excluding carboxylic acids is 1. The van der Waals surface area contributed by atoms with Crippen LogP contribution < -0.4 is 0 Å². The number of ketones is 1. The summed E-state index contributed by atoms with van der Waals surface area (Å²) in [5, 5.41) is 4.85. The predicted octanol–water partition coefficient (Wildman–Crippen LogP) is 3.30. The Hall–Kier alpha value is -1.61. The topological polar surface area (TPSA) is 34.9 Å². The maximum absolute atomic E-state index is 12.4. The van der Waals surface area contributed by atoms with Gasteiger partial charge in [0.1, 0.15) is 0 Å². The third-order valence-corrected chi connectivity index (χ3v) is 4.50. The van der Waals surface area contributed by atoms with Gasteiger partial charge >= 0.3 is 0 Å². The Kier molecular flexibility index (Phi) is 3.38. The number of Topliss-reactive ketones (excluding diaryl/α,β-unsaturated/α-hetero) is 1. The van der Waals surface area contributed by atoms with Gasteiger partial charge in [-0.15, -0.1) is 0 Å². The van der Waals surface area contributed by atoms with E-state index in [1.165, 1.54) is 17.5 Å². The molecule has 1 aliphatic rings. The summed E-state index contributed by atoms with van der Waals surface area (Å²) in [5.41, 5.74) is 5.04. The summed E-state index contributed by atoms with van der Waals surface area (Å²) >= 11 is 6.20. The number of rotatable bonds is 3. The highest BCUT2D eigenvalue weighted by molar-refractivity contribution is 6.32. The van der Waals surface area contributed by atoms with E-state index < -0.39 is 0 Å². The monoisotopic (exact) mass is 288 g/mol. The molecule has 0 fully saturated rings. The van der Waals surface area contributed by atoms with Crippen LogP contribution in [-0.2, 0) is 26.3 Å². The molecule has 3 nitrogen and oxygen atoms in total. The molecule has 1 aromatic heterocycles. The molecule has 0 aliphatic heterocycles. The van der Waals surface area contributed by atoms with Crippen molar-refractivity contribution in [2.75, 3.05) is 0 Å². The Morgan fingerprint density at radius 3 is 2.80 bits per heavy atom. The van der Waals surface area contributed by atoms with Crippen molar-refractivity contribution in [3.63, 3.8) is 0 Å². The van der Waals surface area contributed by atoms with Gasteiger partial charge in [0.05, 0.1) is 22.8 Å². The minimum Gasteiger partial charge on any atom is -0.294 e. The fraction of sp³-hybridized carbons (Fsp3) is 0.375. The van der Waals surface area contributed by atoms with Gasteiger partial charge in [0, 0.05) is 12.6 Å².